The van der Waals surface area contributed by atoms with Gasteiger partial charge in [0.1, 0.15) is 11.4 Å². The number of nitro groups is 1. The molecule has 2 rings (SSSR count). The minimum atomic E-state index is -0.324. The van der Waals surface area contributed by atoms with Crippen LogP contribution in [0.15, 0.2) is 0 Å². The van der Waals surface area contributed by atoms with Gasteiger partial charge in [0.15, 0.2) is 0 Å². The average Bonchev–Trinajstić information content (AvgIpc) is 2.65. The Bertz CT molecular complexity index is 478. The third-order valence-corrected chi connectivity index (χ3v) is 5.40. The van der Waals surface area contributed by atoms with Crippen molar-refractivity contribution in [3.05, 3.63) is 21.5 Å². The van der Waals surface area contributed by atoms with Crippen LogP contribution in [0.3, 0.4) is 0 Å². The van der Waals surface area contributed by atoms with Gasteiger partial charge in [0.25, 0.3) is 0 Å². The molecule has 5 nitrogen and oxygen atoms in total. The zero-order valence-corrected chi connectivity index (χ0v) is 13.1. The number of alkyl halides is 1. The maximum absolute atomic E-state index is 11.0. The molecule has 0 spiro atoms. The van der Waals surface area contributed by atoms with Crippen LogP contribution in [0.25, 0.3) is 0 Å². The lowest BCUT2D eigenvalue weighted by Crippen LogP contribution is -2.32. The number of hydrogen-bond acceptors (Lipinski definition) is 3. The van der Waals surface area contributed by atoms with Crippen LogP contribution in [-0.2, 0) is 6.54 Å². The maximum atomic E-state index is 11.0. The number of rotatable bonds is 4. The summed E-state index contributed by atoms with van der Waals surface area (Å²) >= 11 is 3.63. The summed E-state index contributed by atoms with van der Waals surface area (Å²) in [5.74, 6) is 0. The Morgan fingerprint density at radius 2 is 2.00 bits per heavy atom. The summed E-state index contributed by atoms with van der Waals surface area (Å²) in [6.07, 6.45) is 6.13. The molecule has 0 unspecified atom stereocenters. The molecule has 1 saturated carbocycles. The predicted octanol–water partition coefficient (Wildman–Crippen LogP) is 3.75. The van der Waals surface area contributed by atoms with Crippen LogP contribution >= 0.6 is 15.9 Å². The van der Waals surface area contributed by atoms with Crippen molar-refractivity contribution < 1.29 is 4.92 Å². The third-order valence-electron chi connectivity index (χ3n) is 4.21. The molecule has 1 aromatic rings. The average molecular weight is 330 g/mol. The largest absolute Gasteiger partial charge is 0.312 e. The molecule has 0 amide bonds. The van der Waals surface area contributed by atoms with Crippen molar-refractivity contribution in [1.29, 1.82) is 0 Å². The summed E-state index contributed by atoms with van der Waals surface area (Å²) in [6.45, 7) is 4.28. The molecule has 6 heteroatoms. The van der Waals surface area contributed by atoms with Gasteiger partial charge in [0.2, 0.25) is 0 Å². The van der Waals surface area contributed by atoms with Crippen molar-refractivity contribution in [2.75, 3.05) is 5.33 Å². The van der Waals surface area contributed by atoms with Crippen LogP contribution in [-0.4, -0.2) is 20.0 Å². The van der Waals surface area contributed by atoms with Gasteiger partial charge in [-0.1, -0.05) is 35.2 Å². The molecule has 1 heterocycles. The van der Waals surface area contributed by atoms with Crippen LogP contribution in [0, 0.1) is 29.4 Å². The van der Waals surface area contributed by atoms with Gasteiger partial charge in [-0.05, 0) is 32.1 Å². The molecule has 0 aliphatic heterocycles. The first-order chi connectivity index (χ1) is 8.99. The molecule has 0 bridgehead atoms. The molecule has 19 heavy (non-hydrogen) atoms. The van der Waals surface area contributed by atoms with E-state index in [0.29, 0.717) is 11.4 Å². The zero-order valence-electron chi connectivity index (χ0n) is 11.5. The lowest BCUT2D eigenvalue weighted by atomic mass is 9.75. The van der Waals surface area contributed by atoms with Crippen molar-refractivity contribution in [1.82, 2.24) is 9.78 Å². The third kappa shape index (κ3) is 2.83. The van der Waals surface area contributed by atoms with Crippen molar-refractivity contribution in [3.63, 3.8) is 0 Å². The second kappa shape index (κ2) is 5.61. The van der Waals surface area contributed by atoms with E-state index in [0.717, 1.165) is 11.9 Å². The second-order valence-corrected chi connectivity index (χ2v) is 6.19. The lowest BCUT2D eigenvalue weighted by Gasteiger charge is -2.35. The summed E-state index contributed by atoms with van der Waals surface area (Å²) in [5, 5.41) is 16.3. The summed E-state index contributed by atoms with van der Waals surface area (Å²) in [7, 11) is 0. The molecule has 1 aromatic heterocycles. The van der Waals surface area contributed by atoms with E-state index in [9.17, 15) is 10.1 Å². The number of hydrogen-bond donors (Lipinski definition) is 0. The van der Waals surface area contributed by atoms with Gasteiger partial charge in [-0.15, -0.1) is 0 Å². The molecule has 0 atom stereocenters. The summed E-state index contributed by atoms with van der Waals surface area (Å²) in [4.78, 5) is 10.7. The fraction of sp³-hybridized carbons (Fsp3) is 0.769. The van der Waals surface area contributed by atoms with Gasteiger partial charge >= 0.3 is 5.69 Å². The summed E-state index contributed by atoms with van der Waals surface area (Å²) in [6, 6.07) is 0. The quantitative estimate of drug-likeness (QED) is 0.480. The van der Waals surface area contributed by atoms with E-state index in [1.54, 1.807) is 13.8 Å². The molecule has 106 valence electrons. The Morgan fingerprint density at radius 1 is 1.37 bits per heavy atom. The Hall–Kier alpha value is -0.910. The molecule has 1 aliphatic carbocycles. The molecule has 0 N–H and O–H groups in total. The molecular formula is C13H20BrN3O2. The monoisotopic (exact) mass is 329 g/mol. The normalized spacial score (nSPS) is 18.5. The van der Waals surface area contributed by atoms with Gasteiger partial charge in [-0.25, -0.2) is 0 Å². The Morgan fingerprint density at radius 3 is 2.47 bits per heavy atom. The van der Waals surface area contributed by atoms with Crippen LogP contribution in [0.5, 0.6) is 0 Å². The molecule has 0 saturated heterocycles. The van der Waals surface area contributed by atoms with Crippen LogP contribution in [0.1, 0.15) is 43.5 Å². The smallest absolute Gasteiger partial charge is 0.262 e. The van der Waals surface area contributed by atoms with E-state index in [1.807, 2.05) is 4.68 Å². The van der Waals surface area contributed by atoms with Crippen LogP contribution in [0.2, 0.25) is 0 Å². The van der Waals surface area contributed by atoms with Crippen molar-refractivity contribution in [2.24, 2.45) is 5.41 Å². The zero-order chi connectivity index (χ0) is 14.0. The second-order valence-electron chi connectivity index (χ2n) is 5.63. The highest BCUT2D eigenvalue weighted by atomic mass is 79.9. The highest BCUT2D eigenvalue weighted by molar-refractivity contribution is 9.09. The first-order valence-corrected chi connectivity index (χ1v) is 7.86. The van der Waals surface area contributed by atoms with Gasteiger partial charge < -0.3 is 0 Å². The number of nitrogens with zero attached hydrogens (tertiary/aromatic N) is 3. The number of halogens is 1. The molecule has 0 radical (unpaired) electrons. The predicted molar refractivity (Wildman–Crippen MR) is 77.7 cm³/mol. The van der Waals surface area contributed by atoms with E-state index in [1.165, 1.54) is 32.1 Å². The minimum Gasteiger partial charge on any atom is -0.262 e. The molecule has 1 aliphatic rings. The van der Waals surface area contributed by atoms with Crippen molar-refractivity contribution in [2.45, 2.75) is 52.5 Å². The van der Waals surface area contributed by atoms with E-state index < -0.39 is 0 Å². The minimum absolute atomic E-state index is 0.167. The highest BCUT2D eigenvalue weighted by Gasteiger charge is 2.33. The molecule has 0 aromatic carbocycles. The first kappa shape index (κ1) is 14.5. The number of aromatic nitrogens is 2. The molecule has 1 fully saturated rings. The fourth-order valence-corrected chi connectivity index (χ4v) is 3.80. The SMILES string of the molecule is Cc1nn(CC2(CBr)CCCCC2)c(C)c1[N+](=O)[O-]. The van der Waals surface area contributed by atoms with Crippen molar-refractivity contribution >= 4 is 21.6 Å². The topological polar surface area (TPSA) is 61.0 Å². The van der Waals surface area contributed by atoms with Gasteiger partial charge in [0.05, 0.1) is 4.92 Å². The van der Waals surface area contributed by atoms with E-state index in [4.69, 9.17) is 0 Å². The van der Waals surface area contributed by atoms with Gasteiger partial charge in [-0.3, -0.25) is 14.8 Å². The van der Waals surface area contributed by atoms with Crippen LogP contribution in [0.4, 0.5) is 5.69 Å². The van der Waals surface area contributed by atoms with E-state index in [-0.39, 0.29) is 16.0 Å². The van der Waals surface area contributed by atoms with Gasteiger partial charge in [-0.2, -0.15) is 5.10 Å². The first-order valence-electron chi connectivity index (χ1n) is 6.73. The maximum Gasteiger partial charge on any atom is 0.312 e. The number of aryl methyl sites for hydroxylation is 1. The highest BCUT2D eigenvalue weighted by Crippen LogP contribution is 2.40. The van der Waals surface area contributed by atoms with Crippen molar-refractivity contribution in [3.8, 4) is 0 Å². The van der Waals surface area contributed by atoms with E-state index >= 15 is 0 Å². The standard InChI is InChI=1S/C13H20BrN3O2/c1-10-12(17(18)19)11(2)16(15-10)9-13(8-14)6-4-3-5-7-13/h3-9H2,1-2H3. The van der Waals surface area contributed by atoms with Gasteiger partial charge in [0, 0.05) is 11.9 Å². The Balaban J connectivity index is 2.27. The van der Waals surface area contributed by atoms with E-state index in [2.05, 4.69) is 21.0 Å². The summed E-state index contributed by atoms with van der Waals surface area (Å²) < 4.78 is 1.83. The molecular weight excluding hydrogens is 310 g/mol. The van der Waals surface area contributed by atoms with Crippen LogP contribution < -0.4 is 0 Å². The Kier molecular flexibility index (Phi) is 4.28. The lowest BCUT2D eigenvalue weighted by molar-refractivity contribution is -0.386. The fourth-order valence-electron chi connectivity index (χ4n) is 3.06. The Labute approximate surface area is 121 Å². The summed E-state index contributed by atoms with van der Waals surface area (Å²) in [5.41, 5.74) is 1.56.